The van der Waals surface area contributed by atoms with Crippen molar-refractivity contribution in [1.82, 2.24) is 9.80 Å². The maximum Gasteiger partial charge on any atom is 0.326 e. The first-order valence-corrected chi connectivity index (χ1v) is 7.30. The second-order valence-corrected chi connectivity index (χ2v) is 5.91. The smallest absolute Gasteiger partial charge is 0.326 e. The molecule has 0 spiro atoms. The zero-order chi connectivity index (χ0) is 14.7. The molecule has 0 radical (unpaired) electrons. The number of amides is 2. The van der Waals surface area contributed by atoms with E-state index in [-0.39, 0.29) is 12.1 Å². The van der Waals surface area contributed by atoms with E-state index in [0.29, 0.717) is 18.9 Å². The summed E-state index contributed by atoms with van der Waals surface area (Å²) < 4.78 is 5.21. The number of carbonyl (C=O) groups is 2. The summed E-state index contributed by atoms with van der Waals surface area (Å²) in [6, 6.07) is -0.956. The number of ether oxygens (including phenoxy) is 1. The molecule has 1 heterocycles. The third-order valence-electron chi connectivity index (χ3n) is 4.46. The van der Waals surface area contributed by atoms with Crippen LogP contribution in [-0.2, 0) is 9.53 Å². The quantitative estimate of drug-likeness (QED) is 0.847. The van der Waals surface area contributed by atoms with Crippen LogP contribution in [0.2, 0.25) is 0 Å². The van der Waals surface area contributed by atoms with Gasteiger partial charge in [-0.1, -0.05) is 12.8 Å². The van der Waals surface area contributed by atoms with E-state index in [1.54, 1.807) is 19.1 Å². The largest absolute Gasteiger partial charge is 0.480 e. The van der Waals surface area contributed by atoms with Gasteiger partial charge in [0.05, 0.1) is 6.10 Å². The maximum absolute atomic E-state index is 12.4. The van der Waals surface area contributed by atoms with Crippen LogP contribution in [0.5, 0.6) is 0 Å². The minimum atomic E-state index is -0.952. The first-order valence-electron chi connectivity index (χ1n) is 7.30. The molecule has 2 aliphatic rings. The van der Waals surface area contributed by atoms with Gasteiger partial charge in [0.1, 0.15) is 6.04 Å². The second kappa shape index (κ2) is 6.43. The summed E-state index contributed by atoms with van der Waals surface area (Å²) in [7, 11) is 3.32. The number of carboxylic acids is 1. The van der Waals surface area contributed by atoms with Crippen molar-refractivity contribution >= 4 is 12.0 Å². The molecule has 114 valence electrons. The van der Waals surface area contributed by atoms with Crippen molar-refractivity contribution in [1.29, 1.82) is 0 Å². The summed E-state index contributed by atoms with van der Waals surface area (Å²) in [5.74, 6) is -0.389. The van der Waals surface area contributed by atoms with Crippen LogP contribution in [0.25, 0.3) is 0 Å². The van der Waals surface area contributed by atoms with E-state index in [0.717, 1.165) is 6.54 Å². The summed E-state index contributed by atoms with van der Waals surface area (Å²) in [6.45, 7) is 1.08. The molecule has 1 N–H and O–H groups in total. The van der Waals surface area contributed by atoms with Gasteiger partial charge in [-0.2, -0.15) is 0 Å². The topological polar surface area (TPSA) is 70.1 Å². The van der Waals surface area contributed by atoms with Gasteiger partial charge in [0.2, 0.25) is 0 Å². The molecule has 2 atom stereocenters. The lowest BCUT2D eigenvalue weighted by molar-refractivity contribution is -0.141. The standard InChI is InChI=1S/C14H24N2O4/c1-15(8-10-5-3-4-6-10)14(19)16-9-11(20-2)7-12(16)13(17)18/h10-12H,3-9H2,1-2H3,(H,17,18). The van der Waals surface area contributed by atoms with Gasteiger partial charge < -0.3 is 19.6 Å². The highest BCUT2D eigenvalue weighted by molar-refractivity contribution is 5.83. The SMILES string of the molecule is COC1CC(C(=O)O)N(C(=O)N(C)CC2CCCC2)C1. The van der Waals surface area contributed by atoms with Gasteiger partial charge in [-0.25, -0.2) is 9.59 Å². The van der Waals surface area contributed by atoms with Crippen molar-refractivity contribution in [2.24, 2.45) is 5.92 Å². The minimum Gasteiger partial charge on any atom is -0.480 e. The van der Waals surface area contributed by atoms with Crippen LogP contribution < -0.4 is 0 Å². The molecule has 6 nitrogen and oxygen atoms in total. The normalized spacial score (nSPS) is 27.0. The number of nitrogens with zero attached hydrogens (tertiary/aromatic N) is 2. The number of carbonyl (C=O) groups excluding carboxylic acids is 1. The fourth-order valence-electron chi connectivity index (χ4n) is 3.29. The van der Waals surface area contributed by atoms with Crippen molar-refractivity contribution in [2.45, 2.75) is 44.2 Å². The summed E-state index contributed by atoms with van der Waals surface area (Å²) in [4.78, 5) is 26.8. The van der Waals surface area contributed by atoms with Gasteiger partial charge in [0, 0.05) is 33.7 Å². The molecule has 0 aromatic carbocycles. The van der Waals surface area contributed by atoms with Gasteiger partial charge in [0.15, 0.2) is 0 Å². The molecule has 20 heavy (non-hydrogen) atoms. The Bertz CT molecular complexity index is 368. The van der Waals surface area contributed by atoms with Crippen molar-refractivity contribution in [3.63, 3.8) is 0 Å². The molecule has 2 rings (SSSR count). The first-order chi connectivity index (χ1) is 9.52. The maximum atomic E-state index is 12.4. The highest BCUT2D eigenvalue weighted by atomic mass is 16.5. The molecule has 1 saturated heterocycles. The zero-order valence-corrected chi connectivity index (χ0v) is 12.2. The summed E-state index contributed by atoms with van der Waals surface area (Å²) in [5, 5.41) is 9.24. The number of hydrogen-bond donors (Lipinski definition) is 1. The molecule has 1 aliphatic heterocycles. The van der Waals surface area contributed by atoms with E-state index >= 15 is 0 Å². The number of likely N-dealkylation sites (tertiary alicyclic amines) is 1. The Morgan fingerprint density at radius 1 is 1.35 bits per heavy atom. The number of hydrogen-bond acceptors (Lipinski definition) is 3. The lowest BCUT2D eigenvalue weighted by atomic mass is 10.1. The van der Waals surface area contributed by atoms with Crippen LogP contribution >= 0.6 is 0 Å². The highest BCUT2D eigenvalue weighted by Gasteiger charge is 2.41. The van der Waals surface area contributed by atoms with Gasteiger partial charge in [0.25, 0.3) is 0 Å². The lowest BCUT2D eigenvalue weighted by Gasteiger charge is -2.29. The van der Waals surface area contributed by atoms with Crippen molar-refractivity contribution in [2.75, 3.05) is 27.2 Å². The van der Waals surface area contributed by atoms with Crippen LogP contribution in [0.1, 0.15) is 32.1 Å². The fraction of sp³-hybridized carbons (Fsp3) is 0.857. The van der Waals surface area contributed by atoms with Crippen LogP contribution in [0.3, 0.4) is 0 Å². The molecule has 0 aromatic rings. The summed E-state index contributed by atoms with van der Waals surface area (Å²) in [5.41, 5.74) is 0. The van der Waals surface area contributed by atoms with E-state index < -0.39 is 12.0 Å². The number of methoxy groups -OCH3 is 1. The monoisotopic (exact) mass is 284 g/mol. The number of urea groups is 1. The summed E-state index contributed by atoms with van der Waals surface area (Å²) in [6.07, 6.45) is 5.00. The Hall–Kier alpha value is -1.30. The Morgan fingerprint density at radius 3 is 2.55 bits per heavy atom. The van der Waals surface area contributed by atoms with Crippen molar-refractivity contribution < 1.29 is 19.4 Å². The molecule has 1 aliphatic carbocycles. The molecule has 1 saturated carbocycles. The zero-order valence-electron chi connectivity index (χ0n) is 12.2. The van der Waals surface area contributed by atoms with Crippen molar-refractivity contribution in [3.05, 3.63) is 0 Å². The van der Waals surface area contributed by atoms with E-state index in [9.17, 15) is 14.7 Å². The molecular formula is C14H24N2O4. The Morgan fingerprint density at radius 2 is 2.00 bits per heavy atom. The molecular weight excluding hydrogens is 260 g/mol. The third-order valence-corrected chi connectivity index (χ3v) is 4.46. The molecule has 2 unspecified atom stereocenters. The molecule has 2 fully saturated rings. The van der Waals surface area contributed by atoms with Crippen LogP contribution in [0.4, 0.5) is 4.79 Å². The summed E-state index contributed by atoms with van der Waals surface area (Å²) >= 11 is 0. The fourth-order valence-corrected chi connectivity index (χ4v) is 3.29. The lowest BCUT2D eigenvalue weighted by Crippen LogP contribution is -2.47. The average Bonchev–Trinajstić information content (AvgIpc) is 3.06. The van der Waals surface area contributed by atoms with Crippen LogP contribution in [0, 0.1) is 5.92 Å². The van der Waals surface area contributed by atoms with E-state index in [2.05, 4.69) is 0 Å². The highest BCUT2D eigenvalue weighted by Crippen LogP contribution is 2.26. The van der Waals surface area contributed by atoms with E-state index in [4.69, 9.17) is 4.74 Å². The predicted octanol–water partition coefficient (Wildman–Crippen LogP) is 1.40. The molecule has 2 amide bonds. The third kappa shape index (κ3) is 3.23. The van der Waals surface area contributed by atoms with Crippen LogP contribution in [0.15, 0.2) is 0 Å². The van der Waals surface area contributed by atoms with Crippen molar-refractivity contribution in [3.8, 4) is 0 Å². The van der Waals surface area contributed by atoms with E-state index in [1.807, 2.05) is 0 Å². The second-order valence-electron chi connectivity index (χ2n) is 5.91. The Labute approximate surface area is 119 Å². The minimum absolute atomic E-state index is 0.181. The van der Waals surface area contributed by atoms with E-state index in [1.165, 1.54) is 30.6 Å². The Kier molecular flexibility index (Phi) is 4.86. The average molecular weight is 284 g/mol. The van der Waals surface area contributed by atoms with Gasteiger partial charge in [-0.05, 0) is 18.8 Å². The number of carboxylic acid groups (broad SMARTS) is 1. The van der Waals surface area contributed by atoms with Gasteiger partial charge in [-0.3, -0.25) is 0 Å². The molecule has 0 aromatic heterocycles. The number of rotatable bonds is 4. The van der Waals surface area contributed by atoms with Crippen LogP contribution in [-0.4, -0.2) is 66.3 Å². The Balaban J connectivity index is 1.96. The first kappa shape index (κ1) is 15.1. The molecule has 6 heteroatoms. The molecule has 0 bridgehead atoms. The van der Waals surface area contributed by atoms with Gasteiger partial charge in [-0.15, -0.1) is 0 Å². The number of aliphatic carboxylic acids is 1. The van der Waals surface area contributed by atoms with Gasteiger partial charge >= 0.3 is 12.0 Å². The predicted molar refractivity (Wildman–Crippen MR) is 73.5 cm³/mol.